The van der Waals surface area contributed by atoms with Crippen molar-refractivity contribution in [2.45, 2.75) is 106 Å². The second-order valence-corrected chi connectivity index (χ2v) is 22.6. The van der Waals surface area contributed by atoms with E-state index in [1.807, 2.05) is 0 Å². The number of halogens is 11. The number of sulfone groups is 1. The molecule has 3 aliphatic rings. The molecule has 25 heteroatoms. The van der Waals surface area contributed by atoms with Crippen LogP contribution in [0.5, 0.6) is 0 Å². The number of anilines is 1. The van der Waals surface area contributed by atoms with E-state index >= 15 is 8.78 Å². The highest BCUT2D eigenvalue weighted by atomic mass is 35.5. The third kappa shape index (κ3) is 9.24. The molecule has 12 nitrogen and oxygen atoms in total. The molecule has 2 saturated carbocycles. The minimum absolute atomic E-state index is 0.0175. The smallest absolute Gasteiger partial charge is 0.346 e. The number of nitrogens with zero attached hydrogens (tertiary/aromatic N) is 5. The number of nitrogens with one attached hydrogen (secondary N) is 2. The SMILES string of the molecule is CCS(=O)(=O)Nc1nn(CC(F)(F)F)c2c(-c3ccc(C#CC(C)(C)S(=O)(=O)C4CC4)nc3[C@H](Cc3cc(F)cc(F)c3)NC(=O)Cn3nc(C(F)(F)F)c4c3C(F)(F)[C@@H]3CC[C@H]43)ccc(Cl)c12. The lowest BCUT2D eigenvalue weighted by molar-refractivity contribution is -0.144. The highest BCUT2D eigenvalue weighted by molar-refractivity contribution is 7.94. The third-order valence-electron chi connectivity index (χ3n) is 12.2. The summed E-state index contributed by atoms with van der Waals surface area (Å²) in [5, 5.41) is 8.58. The fourth-order valence-electron chi connectivity index (χ4n) is 8.71. The molecule has 364 valence electrons. The average Bonchev–Trinajstić information content (AvgIpc) is 3.88. The molecule has 8 rings (SSSR count). The maximum absolute atomic E-state index is 15.8. The molecule has 1 amide bonds. The van der Waals surface area contributed by atoms with E-state index in [0.29, 0.717) is 23.6 Å². The van der Waals surface area contributed by atoms with Crippen LogP contribution in [-0.2, 0) is 56.3 Å². The monoisotopic (exact) mass is 1020 g/mol. The summed E-state index contributed by atoms with van der Waals surface area (Å²) in [6, 6.07) is 5.41. The van der Waals surface area contributed by atoms with E-state index in [1.165, 1.54) is 45.0 Å². The molecular formula is C43H38ClF10N7O5S2. The number of alkyl halides is 8. The number of fused-ring (bicyclic) bond motifs is 4. The zero-order valence-electron chi connectivity index (χ0n) is 35.8. The fraction of sp³-hybridized carbons (Fsp3) is 0.442. The Morgan fingerprint density at radius 1 is 0.926 bits per heavy atom. The van der Waals surface area contributed by atoms with E-state index in [4.69, 9.17) is 11.6 Å². The van der Waals surface area contributed by atoms with Crippen LogP contribution in [0, 0.1) is 29.4 Å². The molecule has 3 heterocycles. The summed E-state index contributed by atoms with van der Waals surface area (Å²) in [6.45, 7) is 0.885. The molecule has 0 spiro atoms. The highest BCUT2D eigenvalue weighted by Crippen LogP contribution is 2.64. The van der Waals surface area contributed by atoms with E-state index in [9.17, 15) is 56.8 Å². The van der Waals surface area contributed by atoms with Gasteiger partial charge in [-0.05, 0) is 101 Å². The van der Waals surface area contributed by atoms with Gasteiger partial charge in [0.05, 0.1) is 38.7 Å². The Hall–Kier alpha value is -5.41. The third-order valence-corrected chi connectivity index (χ3v) is 16.6. The summed E-state index contributed by atoms with van der Waals surface area (Å²) < 4.78 is 200. The van der Waals surface area contributed by atoms with Gasteiger partial charge in [0, 0.05) is 28.7 Å². The maximum Gasteiger partial charge on any atom is 0.435 e. The van der Waals surface area contributed by atoms with Gasteiger partial charge in [0.1, 0.15) is 40.9 Å². The van der Waals surface area contributed by atoms with Gasteiger partial charge in [-0.1, -0.05) is 23.6 Å². The van der Waals surface area contributed by atoms with Crippen LogP contribution in [0.25, 0.3) is 22.0 Å². The molecule has 3 aromatic heterocycles. The number of aromatic nitrogens is 5. The number of hydrogen-bond acceptors (Lipinski definition) is 8. The Bertz CT molecular complexity index is 3150. The first-order chi connectivity index (χ1) is 31.5. The average molecular weight is 1020 g/mol. The highest BCUT2D eigenvalue weighted by Gasteiger charge is 2.63. The van der Waals surface area contributed by atoms with Gasteiger partial charge in [0.25, 0.3) is 5.92 Å². The van der Waals surface area contributed by atoms with E-state index < -0.39 is 137 Å². The molecule has 2 aromatic carbocycles. The maximum atomic E-state index is 15.8. The van der Waals surface area contributed by atoms with Crippen molar-refractivity contribution < 1.29 is 65.5 Å². The van der Waals surface area contributed by atoms with Crippen LogP contribution < -0.4 is 10.0 Å². The van der Waals surface area contributed by atoms with Crippen molar-refractivity contribution in [3.05, 3.63) is 93.0 Å². The molecule has 0 unspecified atom stereocenters. The van der Waals surface area contributed by atoms with Crippen LogP contribution in [0.2, 0.25) is 5.02 Å². The van der Waals surface area contributed by atoms with Gasteiger partial charge in [-0.25, -0.2) is 30.6 Å². The first-order valence-corrected chi connectivity index (χ1v) is 24.4. The number of rotatable bonds is 13. The predicted molar refractivity (Wildman–Crippen MR) is 228 cm³/mol. The van der Waals surface area contributed by atoms with Crippen molar-refractivity contribution in [3.63, 3.8) is 0 Å². The quantitative estimate of drug-likeness (QED) is 0.0875. The van der Waals surface area contributed by atoms with Crippen LogP contribution in [0.3, 0.4) is 0 Å². The van der Waals surface area contributed by atoms with Crippen molar-refractivity contribution in [1.82, 2.24) is 29.9 Å². The lowest BCUT2D eigenvalue weighted by atomic mass is 9.73. The Morgan fingerprint density at radius 3 is 2.18 bits per heavy atom. The molecule has 0 bridgehead atoms. The van der Waals surface area contributed by atoms with E-state index in [0.717, 1.165) is 12.1 Å². The van der Waals surface area contributed by atoms with Crippen molar-refractivity contribution in [3.8, 4) is 23.0 Å². The summed E-state index contributed by atoms with van der Waals surface area (Å²) in [4.78, 5) is 18.8. The molecule has 0 radical (unpaired) electrons. The van der Waals surface area contributed by atoms with E-state index in [2.05, 4.69) is 37.1 Å². The largest absolute Gasteiger partial charge is 0.435 e. The Balaban J connectivity index is 1.33. The van der Waals surface area contributed by atoms with Crippen molar-refractivity contribution in [2.24, 2.45) is 5.92 Å². The second-order valence-electron chi connectivity index (χ2n) is 17.4. The zero-order valence-corrected chi connectivity index (χ0v) is 38.1. The summed E-state index contributed by atoms with van der Waals surface area (Å²) in [5.74, 6) is -5.73. The number of benzene rings is 2. The van der Waals surface area contributed by atoms with E-state index in [1.54, 1.807) is 0 Å². The van der Waals surface area contributed by atoms with Gasteiger partial charge >= 0.3 is 12.4 Å². The Labute approximate surface area is 386 Å². The van der Waals surface area contributed by atoms with Gasteiger partial charge < -0.3 is 5.32 Å². The minimum atomic E-state index is -5.19. The fourth-order valence-corrected chi connectivity index (χ4v) is 11.3. The minimum Gasteiger partial charge on any atom is -0.346 e. The molecule has 0 aliphatic heterocycles. The molecular weight excluding hydrogens is 984 g/mol. The van der Waals surface area contributed by atoms with Crippen molar-refractivity contribution >= 4 is 54.1 Å². The van der Waals surface area contributed by atoms with Crippen LogP contribution >= 0.6 is 11.6 Å². The lowest BCUT2D eigenvalue weighted by Gasteiger charge is -2.34. The van der Waals surface area contributed by atoms with Crippen LogP contribution in [0.15, 0.2) is 42.5 Å². The summed E-state index contributed by atoms with van der Waals surface area (Å²) in [6.07, 6.45) is -10.1. The molecule has 2 fully saturated rings. The normalized spacial score (nSPS) is 18.6. The number of sulfonamides is 1. The van der Waals surface area contributed by atoms with Crippen molar-refractivity contribution in [2.75, 3.05) is 10.5 Å². The van der Waals surface area contributed by atoms with Gasteiger partial charge in [-0.15, -0.1) is 0 Å². The van der Waals surface area contributed by atoms with Crippen LogP contribution in [0.1, 0.15) is 92.3 Å². The van der Waals surface area contributed by atoms with Gasteiger partial charge in [0.15, 0.2) is 21.3 Å². The first kappa shape index (κ1) is 49.0. The van der Waals surface area contributed by atoms with E-state index in [-0.39, 0.29) is 56.0 Å². The van der Waals surface area contributed by atoms with Gasteiger partial charge in [0.2, 0.25) is 15.9 Å². The molecule has 68 heavy (non-hydrogen) atoms. The topological polar surface area (TPSA) is 158 Å². The van der Waals surface area contributed by atoms with Crippen molar-refractivity contribution in [1.29, 1.82) is 0 Å². The summed E-state index contributed by atoms with van der Waals surface area (Å²) in [5.41, 5.74) is -5.02. The number of carbonyl (C=O) groups excluding carboxylic acids is 1. The molecule has 5 aromatic rings. The molecule has 3 aliphatic carbocycles. The van der Waals surface area contributed by atoms with Crippen LogP contribution in [0.4, 0.5) is 49.7 Å². The molecule has 3 atom stereocenters. The molecule has 0 saturated heterocycles. The standard InChI is InChI=1S/C43H38ClF10N7O5S2/c1-4-67(63,64)59-39-34-30(44)12-10-27(36(34)61(58-39)20-41(47,48)49)26-8-5-24(13-14-40(2,3)68(65,66)25-6-7-25)55-35(26)31(17-21-15-22(45)18-23(46)16-21)56-32(62)19-60-38-33(37(57-60)43(52,53)54)28-9-11-29(28)42(38,50)51/h5,8,10,12,15-16,18,25,28-29,31H,4,6-7,9,11,17,19-20H2,1-3H3,(H,56,62)(H,58,59)/t28-,29+,31-/m0/s1. The molecule has 2 N–H and O–H groups in total. The van der Waals surface area contributed by atoms with Gasteiger partial charge in [-0.2, -0.15) is 45.3 Å². The second kappa shape index (κ2) is 16.9. The number of pyridine rings is 1. The zero-order chi connectivity index (χ0) is 49.7. The Morgan fingerprint density at radius 2 is 1.59 bits per heavy atom. The van der Waals surface area contributed by atoms with Crippen LogP contribution in [-0.4, -0.2) is 69.2 Å². The number of amides is 1. The summed E-state index contributed by atoms with van der Waals surface area (Å²) >= 11 is 6.54. The first-order valence-electron chi connectivity index (χ1n) is 20.9. The lowest BCUT2D eigenvalue weighted by Crippen LogP contribution is -2.36. The summed E-state index contributed by atoms with van der Waals surface area (Å²) in [7, 11) is -8.03. The van der Waals surface area contributed by atoms with Gasteiger partial charge in [-0.3, -0.25) is 18.9 Å². The number of carbonyl (C=O) groups is 1. The predicted octanol–water partition coefficient (Wildman–Crippen LogP) is 8.98. The number of hydrogen-bond donors (Lipinski definition) is 2. The Kier molecular flexibility index (Phi) is 12.2.